The first-order chi connectivity index (χ1) is 13.9. The van der Waals surface area contributed by atoms with Crippen LogP contribution in [0.2, 0.25) is 5.02 Å². The predicted octanol–water partition coefficient (Wildman–Crippen LogP) is 4.94. The van der Waals surface area contributed by atoms with Crippen molar-refractivity contribution in [1.29, 1.82) is 5.26 Å². The fourth-order valence-corrected chi connectivity index (χ4v) is 2.56. The van der Waals surface area contributed by atoms with E-state index in [0.717, 1.165) is 5.56 Å². The zero-order chi connectivity index (χ0) is 21.2. The third-order valence-electron chi connectivity index (χ3n) is 3.68. The SMILES string of the molecule is COc1cc(/C=C/C(=O)Nc2ccc(OCC(C)C)c(Cl)c2)ccc1OCC#N. The average molecular weight is 415 g/mol. The normalized spacial score (nSPS) is 10.6. The van der Waals surface area contributed by atoms with E-state index in [0.29, 0.717) is 40.5 Å². The first-order valence-electron chi connectivity index (χ1n) is 9.02. The molecule has 0 aliphatic heterocycles. The topological polar surface area (TPSA) is 80.6 Å². The zero-order valence-corrected chi connectivity index (χ0v) is 17.3. The van der Waals surface area contributed by atoms with E-state index < -0.39 is 0 Å². The van der Waals surface area contributed by atoms with E-state index in [2.05, 4.69) is 19.2 Å². The van der Waals surface area contributed by atoms with Gasteiger partial charge in [-0.3, -0.25) is 4.79 Å². The third-order valence-corrected chi connectivity index (χ3v) is 3.97. The summed E-state index contributed by atoms with van der Waals surface area (Å²) in [5.74, 6) is 1.61. The van der Waals surface area contributed by atoms with Crippen LogP contribution in [-0.4, -0.2) is 26.2 Å². The van der Waals surface area contributed by atoms with Crippen molar-refractivity contribution in [2.75, 3.05) is 25.6 Å². The van der Waals surface area contributed by atoms with Crippen LogP contribution in [0.5, 0.6) is 17.2 Å². The molecular weight excluding hydrogens is 392 g/mol. The Balaban J connectivity index is 2.00. The summed E-state index contributed by atoms with van der Waals surface area (Å²) in [7, 11) is 1.51. The second kappa shape index (κ2) is 11.0. The molecule has 29 heavy (non-hydrogen) atoms. The Morgan fingerprint density at radius 3 is 2.59 bits per heavy atom. The molecule has 6 nitrogen and oxygen atoms in total. The molecule has 0 fully saturated rings. The number of carbonyl (C=O) groups is 1. The lowest BCUT2D eigenvalue weighted by atomic mass is 10.2. The highest BCUT2D eigenvalue weighted by molar-refractivity contribution is 6.32. The molecule has 0 aliphatic carbocycles. The Morgan fingerprint density at radius 2 is 1.93 bits per heavy atom. The van der Waals surface area contributed by atoms with E-state index in [1.54, 1.807) is 42.5 Å². The quantitative estimate of drug-likeness (QED) is 0.588. The monoisotopic (exact) mass is 414 g/mol. The van der Waals surface area contributed by atoms with Crippen LogP contribution in [0.15, 0.2) is 42.5 Å². The molecule has 7 heteroatoms. The largest absolute Gasteiger partial charge is 0.493 e. The Bertz CT molecular complexity index is 920. The average Bonchev–Trinajstić information content (AvgIpc) is 2.70. The van der Waals surface area contributed by atoms with Crippen LogP contribution in [0.3, 0.4) is 0 Å². The minimum absolute atomic E-state index is 0.0716. The number of methoxy groups -OCH3 is 1. The van der Waals surface area contributed by atoms with Gasteiger partial charge in [0.25, 0.3) is 0 Å². The highest BCUT2D eigenvalue weighted by atomic mass is 35.5. The Kier molecular flexibility index (Phi) is 8.38. The van der Waals surface area contributed by atoms with Gasteiger partial charge in [0.15, 0.2) is 18.1 Å². The fourth-order valence-electron chi connectivity index (χ4n) is 2.33. The molecule has 1 amide bonds. The van der Waals surface area contributed by atoms with Crippen molar-refractivity contribution < 1.29 is 19.0 Å². The highest BCUT2D eigenvalue weighted by Gasteiger charge is 2.07. The smallest absolute Gasteiger partial charge is 0.248 e. The van der Waals surface area contributed by atoms with Crippen molar-refractivity contribution in [3.63, 3.8) is 0 Å². The maximum absolute atomic E-state index is 12.2. The molecule has 0 bridgehead atoms. The van der Waals surface area contributed by atoms with Crippen LogP contribution in [-0.2, 0) is 4.79 Å². The summed E-state index contributed by atoms with van der Waals surface area (Å²) in [5.41, 5.74) is 1.32. The van der Waals surface area contributed by atoms with Crippen LogP contribution in [0.25, 0.3) is 6.08 Å². The number of rotatable bonds is 9. The molecule has 0 unspecified atom stereocenters. The van der Waals surface area contributed by atoms with Crippen LogP contribution < -0.4 is 19.5 Å². The summed E-state index contributed by atoms with van der Waals surface area (Å²) < 4.78 is 16.1. The molecule has 0 heterocycles. The van der Waals surface area contributed by atoms with E-state index in [4.69, 9.17) is 31.1 Å². The summed E-state index contributed by atoms with van der Waals surface area (Å²) in [6, 6.07) is 12.2. The second-order valence-electron chi connectivity index (χ2n) is 6.53. The molecule has 0 aromatic heterocycles. The van der Waals surface area contributed by atoms with Crippen LogP contribution in [0.1, 0.15) is 19.4 Å². The molecule has 2 aromatic rings. The Labute approximate surface area is 175 Å². The first kappa shape index (κ1) is 22.1. The number of benzene rings is 2. The van der Waals surface area contributed by atoms with Gasteiger partial charge >= 0.3 is 0 Å². The van der Waals surface area contributed by atoms with Crippen molar-refractivity contribution in [2.45, 2.75) is 13.8 Å². The van der Waals surface area contributed by atoms with Crippen molar-refractivity contribution in [3.05, 3.63) is 53.1 Å². The summed E-state index contributed by atoms with van der Waals surface area (Å²) in [5, 5.41) is 11.8. The van der Waals surface area contributed by atoms with Crippen molar-refractivity contribution >= 4 is 29.3 Å². The van der Waals surface area contributed by atoms with Crippen molar-refractivity contribution in [2.24, 2.45) is 5.92 Å². The second-order valence-corrected chi connectivity index (χ2v) is 6.94. The molecule has 0 radical (unpaired) electrons. The lowest BCUT2D eigenvalue weighted by molar-refractivity contribution is -0.111. The number of nitrogens with zero attached hydrogens (tertiary/aromatic N) is 1. The molecule has 0 saturated carbocycles. The third kappa shape index (κ3) is 7.05. The van der Waals surface area contributed by atoms with Gasteiger partial charge in [-0.25, -0.2) is 0 Å². The molecule has 2 rings (SSSR count). The van der Waals surface area contributed by atoms with Gasteiger partial charge in [-0.05, 0) is 47.9 Å². The molecule has 152 valence electrons. The summed E-state index contributed by atoms with van der Waals surface area (Å²) in [6.45, 7) is 4.60. The minimum Gasteiger partial charge on any atom is -0.493 e. The van der Waals surface area contributed by atoms with Gasteiger partial charge < -0.3 is 19.5 Å². The number of nitriles is 1. The number of ether oxygens (including phenoxy) is 3. The summed E-state index contributed by atoms with van der Waals surface area (Å²) in [4.78, 5) is 12.2. The van der Waals surface area contributed by atoms with Gasteiger partial charge in [-0.15, -0.1) is 0 Å². The van der Waals surface area contributed by atoms with Gasteiger partial charge in [0.05, 0.1) is 18.7 Å². The van der Waals surface area contributed by atoms with E-state index in [9.17, 15) is 4.79 Å². The fraction of sp³-hybridized carbons (Fsp3) is 0.273. The van der Waals surface area contributed by atoms with Gasteiger partial charge in [-0.1, -0.05) is 31.5 Å². The van der Waals surface area contributed by atoms with Gasteiger partial charge in [0.1, 0.15) is 11.8 Å². The van der Waals surface area contributed by atoms with Gasteiger partial charge in [-0.2, -0.15) is 5.26 Å². The maximum atomic E-state index is 12.2. The number of anilines is 1. The molecular formula is C22H23ClN2O4. The number of nitrogens with one attached hydrogen (secondary N) is 1. The number of amides is 1. The highest BCUT2D eigenvalue weighted by Crippen LogP contribution is 2.29. The number of hydrogen-bond donors (Lipinski definition) is 1. The maximum Gasteiger partial charge on any atom is 0.248 e. The van der Waals surface area contributed by atoms with E-state index >= 15 is 0 Å². The standard InChI is InChI=1S/C22H23ClN2O4/c1-15(2)14-29-19-8-6-17(13-18(19)23)25-22(26)9-5-16-4-7-20(28-11-10-24)21(12-16)27-3/h4-9,12-13,15H,11,14H2,1-3H3,(H,25,26)/b9-5+. The summed E-state index contributed by atoms with van der Waals surface area (Å²) >= 11 is 6.21. The van der Waals surface area contributed by atoms with Crippen molar-refractivity contribution in [3.8, 4) is 23.3 Å². The minimum atomic E-state index is -0.305. The van der Waals surface area contributed by atoms with Gasteiger partial charge in [0.2, 0.25) is 5.91 Å². The van der Waals surface area contributed by atoms with E-state index in [1.165, 1.54) is 13.2 Å². The lowest BCUT2D eigenvalue weighted by Crippen LogP contribution is -2.08. The van der Waals surface area contributed by atoms with Gasteiger partial charge in [0, 0.05) is 11.8 Å². The summed E-state index contributed by atoms with van der Waals surface area (Å²) in [6.07, 6.45) is 3.05. The Hall–Kier alpha value is -3.17. The molecule has 0 saturated heterocycles. The van der Waals surface area contributed by atoms with Crippen molar-refractivity contribution in [1.82, 2.24) is 0 Å². The molecule has 0 aliphatic rings. The number of carbonyl (C=O) groups excluding carboxylic acids is 1. The number of halogens is 1. The predicted molar refractivity (Wildman–Crippen MR) is 114 cm³/mol. The molecule has 1 N–H and O–H groups in total. The van der Waals surface area contributed by atoms with E-state index in [1.807, 2.05) is 6.07 Å². The first-order valence-corrected chi connectivity index (χ1v) is 9.40. The van der Waals surface area contributed by atoms with Crippen LogP contribution in [0, 0.1) is 17.2 Å². The number of hydrogen-bond acceptors (Lipinski definition) is 5. The zero-order valence-electron chi connectivity index (χ0n) is 16.6. The Morgan fingerprint density at radius 1 is 1.17 bits per heavy atom. The molecule has 2 aromatic carbocycles. The van der Waals surface area contributed by atoms with Crippen LogP contribution >= 0.6 is 11.6 Å². The molecule has 0 atom stereocenters. The molecule has 0 spiro atoms. The van der Waals surface area contributed by atoms with E-state index in [-0.39, 0.29) is 12.5 Å². The lowest BCUT2D eigenvalue weighted by Gasteiger charge is -2.11. The van der Waals surface area contributed by atoms with Crippen LogP contribution in [0.4, 0.5) is 5.69 Å².